The van der Waals surface area contributed by atoms with Gasteiger partial charge in [0, 0.05) is 6.54 Å². The zero-order valence-corrected chi connectivity index (χ0v) is 10.6. The molecule has 1 rings (SSSR count). The number of rotatable bonds is 6. The fraction of sp³-hybridized carbons (Fsp3) is 0.400. The summed E-state index contributed by atoms with van der Waals surface area (Å²) in [7, 11) is -3.48. The summed E-state index contributed by atoms with van der Waals surface area (Å²) in [5.74, 6) is 0.465. The molecule has 0 radical (unpaired) electrons. The van der Waals surface area contributed by atoms with Crippen molar-refractivity contribution in [3.8, 4) is 0 Å². The van der Waals surface area contributed by atoms with Crippen LogP contribution in [0.5, 0.6) is 0 Å². The predicted molar refractivity (Wildman–Crippen MR) is 64.6 cm³/mol. The molecule has 0 bridgehead atoms. The number of nitrogens with one attached hydrogen (secondary N) is 1. The minimum absolute atomic E-state index is 0.0954. The van der Waals surface area contributed by atoms with Crippen molar-refractivity contribution in [1.82, 2.24) is 4.72 Å². The highest BCUT2D eigenvalue weighted by atomic mass is 32.2. The molecule has 0 aromatic heterocycles. The summed E-state index contributed by atoms with van der Waals surface area (Å²) < 4.78 is 38.4. The molecule has 0 atom stereocenters. The number of hydrogen-bond donors (Lipinski definition) is 1. The molecule has 0 aliphatic rings. The first-order valence-electron chi connectivity index (χ1n) is 4.80. The molecule has 1 aromatic carbocycles. The summed E-state index contributed by atoms with van der Waals surface area (Å²) >= 11 is 1.67. The Morgan fingerprint density at radius 2 is 1.94 bits per heavy atom. The van der Waals surface area contributed by atoms with Gasteiger partial charge in [-0.3, -0.25) is 0 Å². The quantitative estimate of drug-likeness (QED) is 0.797. The highest BCUT2D eigenvalue weighted by Crippen LogP contribution is 2.09. The smallest absolute Gasteiger partial charge is 0.211 e. The Morgan fingerprint density at radius 3 is 2.50 bits per heavy atom. The molecule has 0 aliphatic heterocycles. The maximum absolute atomic E-state index is 12.6. The molecule has 16 heavy (non-hydrogen) atoms. The third-order valence-electron chi connectivity index (χ3n) is 1.94. The first-order chi connectivity index (χ1) is 7.56. The van der Waals surface area contributed by atoms with Gasteiger partial charge in [0.2, 0.25) is 10.0 Å². The van der Waals surface area contributed by atoms with Crippen LogP contribution in [0.1, 0.15) is 6.42 Å². The summed E-state index contributed by atoms with van der Waals surface area (Å²) in [4.78, 5) is 0.0954. The van der Waals surface area contributed by atoms with Crippen LogP contribution in [0.3, 0.4) is 0 Å². The molecule has 0 fully saturated rings. The average Bonchev–Trinajstić information content (AvgIpc) is 2.25. The van der Waals surface area contributed by atoms with E-state index in [0.29, 0.717) is 6.54 Å². The van der Waals surface area contributed by atoms with Crippen molar-refractivity contribution in [2.75, 3.05) is 18.6 Å². The minimum atomic E-state index is -3.48. The zero-order valence-electron chi connectivity index (χ0n) is 8.94. The first-order valence-corrected chi connectivity index (χ1v) is 7.68. The fourth-order valence-corrected chi connectivity index (χ4v) is 2.63. The van der Waals surface area contributed by atoms with Crippen molar-refractivity contribution >= 4 is 21.8 Å². The van der Waals surface area contributed by atoms with E-state index in [1.807, 2.05) is 6.26 Å². The van der Waals surface area contributed by atoms with E-state index in [2.05, 4.69) is 4.72 Å². The monoisotopic (exact) mass is 263 g/mol. The number of sulfonamides is 1. The topological polar surface area (TPSA) is 46.2 Å². The summed E-state index contributed by atoms with van der Waals surface area (Å²) in [6, 6.07) is 4.78. The highest BCUT2D eigenvalue weighted by Gasteiger charge is 2.12. The molecular weight excluding hydrogens is 249 g/mol. The molecule has 6 heteroatoms. The Morgan fingerprint density at radius 1 is 1.31 bits per heavy atom. The van der Waals surface area contributed by atoms with Gasteiger partial charge in [0.25, 0.3) is 0 Å². The lowest BCUT2D eigenvalue weighted by atomic mass is 10.4. The maximum Gasteiger partial charge on any atom is 0.240 e. The van der Waals surface area contributed by atoms with Gasteiger partial charge in [-0.05, 0) is 42.7 Å². The van der Waals surface area contributed by atoms with Crippen LogP contribution in [0.4, 0.5) is 4.39 Å². The molecular formula is C10H14FNO2S2. The van der Waals surface area contributed by atoms with Crippen LogP contribution in [0.2, 0.25) is 0 Å². The summed E-state index contributed by atoms with van der Waals surface area (Å²) in [6.45, 7) is 0.403. The van der Waals surface area contributed by atoms with E-state index in [0.717, 1.165) is 24.3 Å². The second kappa shape index (κ2) is 6.22. The van der Waals surface area contributed by atoms with Gasteiger partial charge in [-0.1, -0.05) is 0 Å². The van der Waals surface area contributed by atoms with Gasteiger partial charge < -0.3 is 0 Å². The van der Waals surface area contributed by atoms with Gasteiger partial charge in [-0.2, -0.15) is 11.8 Å². The van der Waals surface area contributed by atoms with Crippen molar-refractivity contribution in [3.05, 3.63) is 30.1 Å². The van der Waals surface area contributed by atoms with Crippen LogP contribution in [0.25, 0.3) is 0 Å². The molecule has 0 unspecified atom stereocenters. The van der Waals surface area contributed by atoms with Gasteiger partial charge in [0.1, 0.15) is 5.82 Å². The van der Waals surface area contributed by atoms with Crippen molar-refractivity contribution in [3.63, 3.8) is 0 Å². The van der Waals surface area contributed by atoms with Gasteiger partial charge in [0.05, 0.1) is 4.90 Å². The molecule has 1 aromatic rings. The molecule has 90 valence electrons. The van der Waals surface area contributed by atoms with Crippen molar-refractivity contribution in [1.29, 1.82) is 0 Å². The lowest BCUT2D eigenvalue weighted by Crippen LogP contribution is -2.25. The fourth-order valence-electron chi connectivity index (χ4n) is 1.12. The largest absolute Gasteiger partial charge is 0.240 e. The lowest BCUT2D eigenvalue weighted by molar-refractivity contribution is 0.580. The van der Waals surface area contributed by atoms with Crippen LogP contribution in [0.15, 0.2) is 29.2 Å². The standard InChI is InChI=1S/C10H14FNO2S2/c1-15-8-2-7-12-16(13,14)10-5-3-9(11)4-6-10/h3-6,12H,2,7-8H2,1H3. The second-order valence-corrected chi connectivity index (χ2v) is 5.95. The van der Waals surface area contributed by atoms with E-state index in [1.54, 1.807) is 11.8 Å². The zero-order chi connectivity index (χ0) is 12.0. The number of benzene rings is 1. The average molecular weight is 263 g/mol. The molecule has 3 nitrogen and oxygen atoms in total. The van der Waals surface area contributed by atoms with Crippen LogP contribution >= 0.6 is 11.8 Å². The van der Waals surface area contributed by atoms with Gasteiger partial charge in [0.15, 0.2) is 0 Å². The molecule has 0 saturated heterocycles. The summed E-state index contributed by atoms with van der Waals surface area (Å²) in [6.07, 6.45) is 2.75. The molecule has 1 N–H and O–H groups in total. The van der Waals surface area contributed by atoms with E-state index in [9.17, 15) is 12.8 Å². The number of halogens is 1. The molecule has 0 aliphatic carbocycles. The molecule has 0 heterocycles. The SMILES string of the molecule is CSCCCNS(=O)(=O)c1ccc(F)cc1. The van der Waals surface area contributed by atoms with Gasteiger partial charge in [-0.15, -0.1) is 0 Å². The Balaban J connectivity index is 2.60. The molecule has 0 amide bonds. The normalized spacial score (nSPS) is 11.6. The third kappa shape index (κ3) is 4.11. The van der Waals surface area contributed by atoms with E-state index in [-0.39, 0.29) is 4.90 Å². The van der Waals surface area contributed by atoms with Crippen LogP contribution in [0, 0.1) is 5.82 Å². The molecule has 0 saturated carbocycles. The molecule has 0 spiro atoms. The van der Waals surface area contributed by atoms with Crippen LogP contribution in [-0.4, -0.2) is 27.0 Å². The minimum Gasteiger partial charge on any atom is -0.211 e. The maximum atomic E-state index is 12.6. The summed E-state index contributed by atoms with van der Waals surface area (Å²) in [5, 5.41) is 0. The number of thioether (sulfide) groups is 1. The van der Waals surface area contributed by atoms with Crippen molar-refractivity contribution in [2.45, 2.75) is 11.3 Å². The van der Waals surface area contributed by atoms with Crippen LogP contribution in [-0.2, 0) is 10.0 Å². The Labute approximate surface area is 99.5 Å². The Hall–Kier alpha value is -0.590. The van der Waals surface area contributed by atoms with E-state index in [4.69, 9.17) is 0 Å². The van der Waals surface area contributed by atoms with E-state index in [1.165, 1.54) is 12.1 Å². The van der Waals surface area contributed by atoms with E-state index < -0.39 is 15.8 Å². The van der Waals surface area contributed by atoms with Crippen molar-refractivity contribution in [2.24, 2.45) is 0 Å². The number of hydrogen-bond acceptors (Lipinski definition) is 3. The van der Waals surface area contributed by atoms with Gasteiger partial charge >= 0.3 is 0 Å². The third-order valence-corrected chi connectivity index (χ3v) is 4.12. The Kier molecular flexibility index (Phi) is 5.24. The Bertz CT molecular complexity index is 417. The summed E-state index contributed by atoms with van der Waals surface area (Å²) in [5.41, 5.74) is 0. The first kappa shape index (κ1) is 13.5. The second-order valence-electron chi connectivity index (χ2n) is 3.20. The highest BCUT2D eigenvalue weighted by molar-refractivity contribution is 7.98. The van der Waals surface area contributed by atoms with Crippen LogP contribution < -0.4 is 4.72 Å². The van der Waals surface area contributed by atoms with Crippen molar-refractivity contribution < 1.29 is 12.8 Å². The van der Waals surface area contributed by atoms with Gasteiger partial charge in [-0.25, -0.2) is 17.5 Å². The predicted octanol–water partition coefficient (Wildman–Crippen LogP) is 1.86. The lowest BCUT2D eigenvalue weighted by Gasteiger charge is -2.05. The van der Waals surface area contributed by atoms with E-state index >= 15 is 0 Å².